The first-order valence-electron chi connectivity index (χ1n) is 5.82. The molecule has 1 aromatic rings. The Bertz CT molecular complexity index is 389. The van der Waals surface area contributed by atoms with Gasteiger partial charge in [0.15, 0.2) is 0 Å². The fourth-order valence-corrected chi connectivity index (χ4v) is 2.10. The smallest absolute Gasteiger partial charge is 0.138 e. The molecule has 0 fully saturated rings. The Morgan fingerprint density at radius 1 is 1.44 bits per heavy atom. The lowest BCUT2D eigenvalue weighted by atomic mass is 9.92. The topological polar surface area (TPSA) is 35.2 Å². The summed E-state index contributed by atoms with van der Waals surface area (Å²) in [6, 6.07) is 4.13. The maximum atomic E-state index is 14.6. The molecule has 0 saturated heterocycles. The van der Waals surface area contributed by atoms with Gasteiger partial charge in [0.05, 0.1) is 6.61 Å². The van der Waals surface area contributed by atoms with Crippen molar-refractivity contribution in [2.45, 2.75) is 24.9 Å². The van der Waals surface area contributed by atoms with Crippen molar-refractivity contribution < 1.29 is 13.5 Å². The van der Waals surface area contributed by atoms with Gasteiger partial charge in [-0.3, -0.25) is 0 Å². The molecule has 102 valence electrons. The first kappa shape index (κ1) is 15.3. The van der Waals surface area contributed by atoms with Gasteiger partial charge in [0.25, 0.3) is 0 Å². The van der Waals surface area contributed by atoms with Crippen LogP contribution in [0.2, 0.25) is 5.02 Å². The minimum absolute atomic E-state index is 0.0623. The molecule has 0 aliphatic heterocycles. The van der Waals surface area contributed by atoms with Crippen molar-refractivity contribution in [1.29, 1.82) is 0 Å². The number of hydrogen-bond donors (Lipinski definition) is 1. The van der Waals surface area contributed by atoms with E-state index in [0.717, 1.165) is 0 Å². The van der Waals surface area contributed by atoms with Crippen LogP contribution in [0.5, 0.6) is 0 Å². The SMILES string of the molecule is COCC(F)(CCCN)Cc1cc(Cl)ccc1F. The molecule has 0 heterocycles. The van der Waals surface area contributed by atoms with Gasteiger partial charge in [0, 0.05) is 18.6 Å². The number of ether oxygens (including phenoxy) is 1. The average Bonchev–Trinajstić information content (AvgIpc) is 2.32. The summed E-state index contributed by atoms with van der Waals surface area (Å²) in [6.45, 7) is 0.312. The van der Waals surface area contributed by atoms with Crippen molar-refractivity contribution in [1.82, 2.24) is 0 Å². The zero-order valence-electron chi connectivity index (χ0n) is 10.4. The highest BCUT2D eigenvalue weighted by Crippen LogP contribution is 2.27. The Labute approximate surface area is 111 Å². The fourth-order valence-electron chi connectivity index (χ4n) is 1.91. The Hall–Kier alpha value is -0.710. The Morgan fingerprint density at radius 2 is 2.17 bits per heavy atom. The summed E-state index contributed by atoms with van der Waals surface area (Å²) >= 11 is 5.79. The quantitative estimate of drug-likeness (QED) is 0.831. The highest BCUT2D eigenvalue weighted by Gasteiger charge is 2.30. The van der Waals surface area contributed by atoms with Gasteiger partial charge in [0.1, 0.15) is 11.5 Å². The molecule has 0 radical (unpaired) electrons. The van der Waals surface area contributed by atoms with E-state index in [0.29, 0.717) is 18.0 Å². The molecule has 0 spiro atoms. The number of benzene rings is 1. The van der Waals surface area contributed by atoms with Crippen LogP contribution in [0.4, 0.5) is 8.78 Å². The molecule has 0 bridgehead atoms. The summed E-state index contributed by atoms with van der Waals surface area (Å²) in [4.78, 5) is 0. The van der Waals surface area contributed by atoms with E-state index in [4.69, 9.17) is 22.1 Å². The third kappa shape index (κ3) is 4.52. The first-order chi connectivity index (χ1) is 8.50. The van der Waals surface area contributed by atoms with Crippen LogP contribution in [0.1, 0.15) is 18.4 Å². The van der Waals surface area contributed by atoms with Crippen LogP contribution in [0.3, 0.4) is 0 Å². The Kier molecular flexibility index (Phi) is 5.99. The molecular weight excluding hydrogens is 260 g/mol. The molecule has 5 heteroatoms. The molecule has 0 aromatic heterocycles. The van der Waals surface area contributed by atoms with Crippen molar-refractivity contribution >= 4 is 11.6 Å². The van der Waals surface area contributed by atoms with Gasteiger partial charge in [-0.05, 0) is 43.1 Å². The van der Waals surface area contributed by atoms with E-state index in [1.807, 2.05) is 0 Å². The molecule has 1 unspecified atom stereocenters. The molecule has 0 saturated carbocycles. The summed E-state index contributed by atoms with van der Waals surface area (Å²) in [5, 5.41) is 0.394. The van der Waals surface area contributed by atoms with Crippen LogP contribution >= 0.6 is 11.6 Å². The zero-order chi connectivity index (χ0) is 13.6. The van der Waals surface area contributed by atoms with E-state index < -0.39 is 11.5 Å². The van der Waals surface area contributed by atoms with E-state index in [1.54, 1.807) is 0 Å². The van der Waals surface area contributed by atoms with Gasteiger partial charge in [0.2, 0.25) is 0 Å². The predicted octanol–water partition coefficient (Wildman–Crippen LogP) is 3.12. The predicted molar refractivity (Wildman–Crippen MR) is 69.1 cm³/mol. The van der Waals surface area contributed by atoms with Gasteiger partial charge in [-0.25, -0.2) is 8.78 Å². The van der Waals surface area contributed by atoms with Gasteiger partial charge >= 0.3 is 0 Å². The van der Waals surface area contributed by atoms with Crippen molar-refractivity contribution in [2.75, 3.05) is 20.3 Å². The summed E-state index contributed by atoms with van der Waals surface area (Å²) in [5.74, 6) is -0.453. The van der Waals surface area contributed by atoms with Crippen LogP contribution in [0.15, 0.2) is 18.2 Å². The lowest BCUT2D eigenvalue weighted by Gasteiger charge is -2.24. The summed E-state index contributed by atoms with van der Waals surface area (Å²) in [7, 11) is 1.42. The average molecular weight is 278 g/mol. The zero-order valence-corrected chi connectivity index (χ0v) is 11.1. The molecule has 0 aliphatic carbocycles. The lowest BCUT2D eigenvalue weighted by molar-refractivity contribution is 0.0328. The normalized spacial score (nSPS) is 14.5. The molecule has 18 heavy (non-hydrogen) atoms. The lowest BCUT2D eigenvalue weighted by Crippen LogP contribution is -2.32. The monoisotopic (exact) mass is 277 g/mol. The molecule has 0 amide bonds. The van der Waals surface area contributed by atoms with E-state index >= 15 is 0 Å². The van der Waals surface area contributed by atoms with Gasteiger partial charge in [-0.1, -0.05) is 11.6 Å². The van der Waals surface area contributed by atoms with E-state index in [9.17, 15) is 8.78 Å². The summed E-state index contributed by atoms with van der Waals surface area (Å²) < 4.78 is 33.0. The number of hydrogen-bond acceptors (Lipinski definition) is 2. The van der Waals surface area contributed by atoms with Crippen LogP contribution in [-0.4, -0.2) is 25.9 Å². The number of alkyl halides is 1. The molecule has 0 aliphatic rings. The molecule has 1 atom stereocenters. The standard InChI is InChI=1S/C13H18ClF2NO/c1-18-9-13(16,5-2-6-17)8-10-7-11(14)3-4-12(10)15/h3-4,7H,2,5-6,8-9,17H2,1H3. The fraction of sp³-hybridized carbons (Fsp3) is 0.538. The van der Waals surface area contributed by atoms with Crippen molar-refractivity contribution in [3.8, 4) is 0 Å². The third-order valence-corrected chi connectivity index (χ3v) is 2.98. The highest BCUT2D eigenvalue weighted by atomic mass is 35.5. The molecular formula is C13H18ClF2NO. The Morgan fingerprint density at radius 3 is 2.78 bits per heavy atom. The highest BCUT2D eigenvalue weighted by molar-refractivity contribution is 6.30. The minimum Gasteiger partial charge on any atom is -0.381 e. The molecule has 1 rings (SSSR count). The van der Waals surface area contributed by atoms with Crippen LogP contribution < -0.4 is 5.73 Å². The first-order valence-corrected chi connectivity index (χ1v) is 6.20. The second kappa shape index (κ2) is 7.02. The Balaban J connectivity index is 2.84. The van der Waals surface area contributed by atoms with Gasteiger partial charge in [-0.15, -0.1) is 0 Å². The van der Waals surface area contributed by atoms with E-state index in [2.05, 4.69) is 0 Å². The number of methoxy groups -OCH3 is 1. The van der Waals surface area contributed by atoms with Crippen LogP contribution in [0.25, 0.3) is 0 Å². The number of halogens is 3. The number of nitrogens with two attached hydrogens (primary N) is 1. The second-order valence-corrected chi connectivity index (χ2v) is 4.83. The maximum absolute atomic E-state index is 14.6. The van der Waals surface area contributed by atoms with Crippen molar-refractivity contribution in [3.63, 3.8) is 0 Å². The van der Waals surface area contributed by atoms with Crippen molar-refractivity contribution in [3.05, 3.63) is 34.6 Å². The largest absolute Gasteiger partial charge is 0.381 e. The molecule has 2 nitrogen and oxygen atoms in total. The van der Waals surface area contributed by atoms with Gasteiger partial charge < -0.3 is 10.5 Å². The number of rotatable bonds is 7. The van der Waals surface area contributed by atoms with Crippen LogP contribution in [0, 0.1) is 5.82 Å². The van der Waals surface area contributed by atoms with Gasteiger partial charge in [-0.2, -0.15) is 0 Å². The second-order valence-electron chi connectivity index (χ2n) is 4.39. The third-order valence-electron chi connectivity index (χ3n) is 2.75. The minimum atomic E-state index is -1.61. The van der Waals surface area contributed by atoms with E-state index in [1.165, 1.54) is 25.3 Å². The van der Waals surface area contributed by atoms with Crippen LogP contribution in [-0.2, 0) is 11.2 Å². The maximum Gasteiger partial charge on any atom is 0.138 e. The van der Waals surface area contributed by atoms with E-state index in [-0.39, 0.29) is 25.0 Å². The molecule has 1 aromatic carbocycles. The summed E-state index contributed by atoms with van der Waals surface area (Å²) in [5.41, 5.74) is 4.03. The summed E-state index contributed by atoms with van der Waals surface area (Å²) in [6.07, 6.45) is 0.707. The van der Waals surface area contributed by atoms with Crippen molar-refractivity contribution in [2.24, 2.45) is 5.73 Å². The molecule has 2 N–H and O–H groups in total.